The number of aliphatic hydroxyl groups is 1. The summed E-state index contributed by atoms with van der Waals surface area (Å²) >= 11 is 0. The minimum Gasteiger partial charge on any atom is -0.423 e. The summed E-state index contributed by atoms with van der Waals surface area (Å²) in [6.45, 7) is 0.328. The van der Waals surface area contributed by atoms with Gasteiger partial charge in [0.25, 0.3) is 0 Å². The maximum absolute atomic E-state index is 9.49. The zero-order valence-corrected chi connectivity index (χ0v) is 11.6. The minimum atomic E-state index is -0.113. The fourth-order valence-electron chi connectivity index (χ4n) is 2.71. The third-order valence-corrected chi connectivity index (χ3v) is 4.11. The Morgan fingerprint density at radius 3 is 2.86 bits per heavy atom. The molecule has 0 aliphatic heterocycles. The van der Waals surface area contributed by atoms with E-state index < -0.39 is 0 Å². The van der Waals surface area contributed by atoms with Gasteiger partial charge in [-0.15, -0.1) is 10.2 Å². The number of para-hydroxylation sites is 2. The number of aliphatic hydroxyl groups excluding tert-OH is 1. The SMILES string of the molecule is OCc1nc2ccccc2n1Cc1nnc(C2CCC2)o1. The van der Waals surface area contributed by atoms with Crippen molar-refractivity contribution in [3.05, 3.63) is 41.9 Å². The molecule has 6 nitrogen and oxygen atoms in total. The largest absolute Gasteiger partial charge is 0.423 e. The van der Waals surface area contributed by atoms with Crippen molar-refractivity contribution in [3.8, 4) is 0 Å². The van der Waals surface area contributed by atoms with Gasteiger partial charge in [0.2, 0.25) is 11.8 Å². The van der Waals surface area contributed by atoms with Crippen LogP contribution in [0.3, 0.4) is 0 Å². The molecule has 6 heteroatoms. The maximum atomic E-state index is 9.49. The highest BCUT2D eigenvalue weighted by Gasteiger charge is 2.25. The summed E-state index contributed by atoms with van der Waals surface area (Å²) in [6, 6.07) is 7.79. The van der Waals surface area contributed by atoms with Gasteiger partial charge in [0.1, 0.15) is 19.0 Å². The molecule has 4 rings (SSSR count). The maximum Gasteiger partial charge on any atom is 0.236 e. The van der Waals surface area contributed by atoms with E-state index in [4.69, 9.17) is 4.42 Å². The minimum absolute atomic E-state index is 0.113. The van der Waals surface area contributed by atoms with E-state index in [0.717, 1.165) is 29.8 Å². The predicted molar refractivity (Wildman–Crippen MR) is 75.6 cm³/mol. The molecule has 0 bridgehead atoms. The Kier molecular flexibility index (Phi) is 2.96. The van der Waals surface area contributed by atoms with Crippen LogP contribution in [-0.4, -0.2) is 24.9 Å². The van der Waals surface area contributed by atoms with Gasteiger partial charge < -0.3 is 14.1 Å². The molecule has 0 unspecified atom stereocenters. The number of nitrogens with zero attached hydrogens (tertiary/aromatic N) is 4. The normalized spacial score (nSPS) is 15.5. The van der Waals surface area contributed by atoms with Gasteiger partial charge in [0, 0.05) is 5.92 Å². The first-order valence-corrected chi connectivity index (χ1v) is 7.22. The summed E-state index contributed by atoms with van der Waals surface area (Å²) in [7, 11) is 0. The van der Waals surface area contributed by atoms with Crippen molar-refractivity contribution in [1.29, 1.82) is 0 Å². The topological polar surface area (TPSA) is 77.0 Å². The van der Waals surface area contributed by atoms with Crippen molar-refractivity contribution in [3.63, 3.8) is 0 Å². The fourth-order valence-corrected chi connectivity index (χ4v) is 2.71. The Morgan fingerprint density at radius 1 is 1.24 bits per heavy atom. The monoisotopic (exact) mass is 284 g/mol. The Labute approximate surface area is 121 Å². The Balaban J connectivity index is 1.68. The van der Waals surface area contributed by atoms with E-state index >= 15 is 0 Å². The fraction of sp³-hybridized carbons (Fsp3) is 0.400. The Hall–Kier alpha value is -2.21. The lowest BCUT2D eigenvalue weighted by Gasteiger charge is -2.20. The first-order chi connectivity index (χ1) is 10.3. The Bertz CT molecular complexity index is 773. The molecule has 1 aliphatic rings. The third kappa shape index (κ3) is 2.12. The van der Waals surface area contributed by atoms with Gasteiger partial charge in [-0.1, -0.05) is 18.6 Å². The quantitative estimate of drug-likeness (QED) is 0.795. The number of aromatic nitrogens is 4. The molecular weight excluding hydrogens is 268 g/mol. The van der Waals surface area contributed by atoms with E-state index in [0.29, 0.717) is 24.2 Å². The van der Waals surface area contributed by atoms with Crippen LogP contribution in [0.5, 0.6) is 0 Å². The van der Waals surface area contributed by atoms with Crippen molar-refractivity contribution in [2.45, 2.75) is 38.3 Å². The third-order valence-electron chi connectivity index (χ3n) is 4.11. The molecule has 1 aromatic carbocycles. The van der Waals surface area contributed by atoms with E-state index in [9.17, 15) is 5.11 Å². The van der Waals surface area contributed by atoms with Gasteiger partial charge >= 0.3 is 0 Å². The highest BCUT2D eigenvalue weighted by atomic mass is 16.4. The van der Waals surface area contributed by atoms with Gasteiger partial charge in [-0.3, -0.25) is 0 Å². The van der Waals surface area contributed by atoms with E-state index in [1.807, 2.05) is 28.8 Å². The molecule has 108 valence electrons. The molecule has 2 aromatic heterocycles. The lowest BCUT2D eigenvalue weighted by molar-refractivity contribution is 0.265. The molecule has 0 saturated heterocycles. The van der Waals surface area contributed by atoms with Crippen LogP contribution < -0.4 is 0 Å². The second-order valence-electron chi connectivity index (χ2n) is 5.42. The van der Waals surface area contributed by atoms with Crippen LogP contribution in [0.1, 0.15) is 42.8 Å². The molecule has 1 fully saturated rings. The van der Waals surface area contributed by atoms with Crippen LogP contribution in [0.4, 0.5) is 0 Å². The Morgan fingerprint density at radius 2 is 2.10 bits per heavy atom. The second kappa shape index (κ2) is 4.96. The van der Waals surface area contributed by atoms with Crippen molar-refractivity contribution in [2.75, 3.05) is 0 Å². The summed E-state index contributed by atoms with van der Waals surface area (Å²) < 4.78 is 7.68. The van der Waals surface area contributed by atoms with Crippen LogP contribution in [0, 0.1) is 0 Å². The average Bonchev–Trinajstić information content (AvgIpc) is 3.03. The first kappa shape index (κ1) is 12.5. The van der Waals surface area contributed by atoms with E-state index in [2.05, 4.69) is 15.2 Å². The van der Waals surface area contributed by atoms with E-state index in [1.54, 1.807) is 0 Å². The number of fused-ring (bicyclic) bond motifs is 1. The molecule has 1 N–H and O–H groups in total. The number of hydrogen-bond donors (Lipinski definition) is 1. The summed E-state index contributed by atoms with van der Waals surface area (Å²) in [4.78, 5) is 4.42. The summed E-state index contributed by atoms with van der Waals surface area (Å²) in [5, 5.41) is 17.8. The lowest BCUT2D eigenvalue weighted by atomic mass is 9.85. The van der Waals surface area contributed by atoms with Crippen molar-refractivity contribution >= 4 is 11.0 Å². The molecule has 0 radical (unpaired) electrons. The summed E-state index contributed by atoms with van der Waals surface area (Å²) in [6.07, 6.45) is 3.51. The van der Waals surface area contributed by atoms with Crippen LogP contribution in [0.2, 0.25) is 0 Å². The van der Waals surface area contributed by atoms with Gasteiger partial charge in [0.15, 0.2) is 0 Å². The van der Waals surface area contributed by atoms with Gasteiger partial charge in [0.05, 0.1) is 11.0 Å². The summed E-state index contributed by atoms with van der Waals surface area (Å²) in [5.41, 5.74) is 1.82. The molecule has 0 spiro atoms. The average molecular weight is 284 g/mol. The zero-order valence-electron chi connectivity index (χ0n) is 11.6. The van der Waals surface area contributed by atoms with E-state index in [-0.39, 0.29) is 6.61 Å². The molecule has 0 atom stereocenters. The highest BCUT2D eigenvalue weighted by molar-refractivity contribution is 5.75. The molecule has 1 saturated carbocycles. The van der Waals surface area contributed by atoms with Crippen LogP contribution >= 0.6 is 0 Å². The standard InChI is InChI=1S/C15H16N4O2/c20-9-13-16-11-6-1-2-7-12(11)19(13)8-14-17-18-15(21-14)10-4-3-5-10/h1-2,6-7,10,20H,3-5,8-9H2. The van der Waals surface area contributed by atoms with Gasteiger partial charge in [-0.2, -0.15) is 0 Å². The van der Waals surface area contributed by atoms with E-state index in [1.165, 1.54) is 6.42 Å². The van der Waals surface area contributed by atoms with Crippen LogP contribution in [0.25, 0.3) is 11.0 Å². The highest BCUT2D eigenvalue weighted by Crippen LogP contribution is 2.35. The molecule has 0 amide bonds. The second-order valence-corrected chi connectivity index (χ2v) is 5.42. The number of rotatable bonds is 4. The zero-order chi connectivity index (χ0) is 14.2. The number of hydrogen-bond acceptors (Lipinski definition) is 5. The number of imidazole rings is 1. The number of benzene rings is 1. The molecule has 3 aromatic rings. The predicted octanol–water partition coefficient (Wildman–Crippen LogP) is 2.23. The summed E-state index contributed by atoms with van der Waals surface area (Å²) in [5.74, 6) is 2.35. The van der Waals surface area contributed by atoms with Crippen LogP contribution in [-0.2, 0) is 13.2 Å². The van der Waals surface area contributed by atoms with Crippen LogP contribution in [0.15, 0.2) is 28.7 Å². The van der Waals surface area contributed by atoms with Crippen molar-refractivity contribution in [1.82, 2.24) is 19.7 Å². The van der Waals surface area contributed by atoms with Crippen molar-refractivity contribution in [2.24, 2.45) is 0 Å². The molecule has 21 heavy (non-hydrogen) atoms. The molecule has 2 heterocycles. The van der Waals surface area contributed by atoms with Gasteiger partial charge in [-0.05, 0) is 25.0 Å². The molecule has 1 aliphatic carbocycles. The molecular formula is C15H16N4O2. The first-order valence-electron chi connectivity index (χ1n) is 7.22. The van der Waals surface area contributed by atoms with Crippen molar-refractivity contribution < 1.29 is 9.52 Å². The smallest absolute Gasteiger partial charge is 0.236 e. The van der Waals surface area contributed by atoms with Gasteiger partial charge in [-0.25, -0.2) is 4.98 Å². The lowest BCUT2D eigenvalue weighted by Crippen LogP contribution is -2.08.